The summed E-state index contributed by atoms with van der Waals surface area (Å²) >= 11 is 5.68. The Morgan fingerprint density at radius 1 is 1.06 bits per heavy atom. The smallest absolute Gasteiger partial charge is 0.212 e. The van der Waals surface area contributed by atoms with Crippen LogP contribution in [0.15, 0.2) is 24.3 Å². The zero-order valence-electron chi connectivity index (χ0n) is 10.2. The topological polar surface area (TPSA) is 37.4 Å². The maximum atomic E-state index is 12.0. The third-order valence-corrected chi connectivity index (χ3v) is 4.94. The van der Waals surface area contributed by atoms with Gasteiger partial charge in [-0.1, -0.05) is 38.1 Å². The predicted octanol–water partition coefficient (Wildman–Crippen LogP) is 2.60. The molecule has 1 aromatic rings. The molecule has 0 aliphatic carbocycles. The van der Waals surface area contributed by atoms with Gasteiger partial charge in [0.15, 0.2) is 0 Å². The Hall–Kier alpha value is -0.580. The summed E-state index contributed by atoms with van der Waals surface area (Å²) in [5.74, 6) is 0.500. The second-order valence-corrected chi connectivity index (χ2v) is 6.03. The van der Waals surface area contributed by atoms with E-state index in [0.717, 1.165) is 11.1 Å². The summed E-state index contributed by atoms with van der Waals surface area (Å²) in [4.78, 5) is 0. The molecule has 17 heavy (non-hydrogen) atoms. The summed E-state index contributed by atoms with van der Waals surface area (Å²) in [6.45, 7) is 4.71. The van der Waals surface area contributed by atoms with Crippen LogP contribution in [0.2, 0.25) is 0 Å². The van der Waals surface area contributed by atoms with Gasteiger partial charge in [-0.25, -0.2) is 12.7 Å². The molecule has 0 heterocycles. The molecular formula is C12H18ClNO2S. The summed E-state index contributed by atoms with van der Waals surface area (Å²) in [5, 5.41) is 0. The van der Waals surface area contributed by atoms with E-state index in [0.29, 0.717) is 19.0 Å². The molecule has 0 radical (unpaired) electrons. The van der Waals surface area contributed by atoms with Gasteiger partial charge in [0.05, 0.1) is 5.75 Å². The average molecular weight is 276 g/mol. The van der Waals surface area contributed by atoms with Crippen molar-refractivity contribution in [2.24, 2.45) is 0 Å². The zero-order valence-corrected chi connectivity index (χ0v) is 11.8. The molecule has 5 heteroatoms. The van der Waals surface area contributed by atoms with Crippen molar-refractivity contribution >= 4 is 21.6 Å². The van der Waals surface area contributed by atoms with Crippen LogP contribution in [0.5, 0.6) is 0 Å². The molecule has 1 rings (SSSR count). The van der Waals surface area contributed by atoms with E-state index in [-0.39, 0.29) is 5.75 Å². The third-order valence-electron chi connectivity index (χ3n) is 2.63. The number of hydrogen-bond donors (Lipinski definition) is 0. The Bertz CT molecular complexity index is 438. The second kappa shape index (κ2) is 6.38. The standard InChI is InChI=1S/C12H18ClNO2S/c1-3-14(4-2)17(15,16)10-12-7-5-11(9-13)6-8-12/h5-8H,3-4,9-10H2,1-2H3. The third kappa shape index (κ3) is 3.98. The zero-order chi connectivity index (χ0) is 12.9. The quantitative estimate of drug-likeness (QED) is 0.749. The van der Waals surface area contributed by atoms with Crippen LogP contribution in [0.3, 0.4) is 0 Å². The first-order valence-electron chi connectivity index (χ1n) is 5.65. The fraction of sp³-hybridized carbons (Fsp3) is 0.500. The highest BCUT2D eigenvalue weighted by Crippen LogP contribution is 2.12. The summed E-state index contributed by atoms with van der Waals surface area (Å²) in [5.41, 5.74) is 1.79. The van der Waals surface area contributed by atoms with E-state index >= 15 is 0 Å². The molecule has 0 N–H and O–H groups in total. The van der Waals surface area contributed by atoms with Crippen molar-refractivity contribution < 1.29 is 8.42 Å². The molecule has 0 bridgehead atoms. The van der Waals surface area contributed by atoms with Gasteiger partial charge in [-0.15, -0.1) is 11.6 Å². The van der Waals surface area contributed by atoms with Gasteiger partial charge in [0.1, 0.15) is 0 Å². The van der Waals surface area contributed by atoms with E-state index < -0.39 is 10.0 Å². The van der Waals surface area contributed by atoms with Crippen LogP contribution in [0.1, 0.15) is 25.0 Å². The summed E-state index contributed by atoms with van der Waals surface area (Å²) in [6, 6.07) is 7.36. The number of rotatable bonds is 6. The molecule has 0 saturated heterocycles. The molecule has 0 unspecified atom stereocenters. The van der Waals surface area contributed by atoms with Crippen LogP contribution in [0.25, 0.3) is 0 Å². The minimum Gasteiger partial charge on any atom is -0.212 e. The van der Waals surface area contributed by atoms with Gasteiger partial charge in [0.2, 0.25) is 10.0 Å². The highest BCUT2D eigenvalue weighted by Gasteiger charge is 2.18. The minimum absolute atomic E-state index is 0.0528. The van der Waals surface area contributed by atoms with Gasteiger partial charge in [-0.3, -0.25) is 0 Å². The Morgan fingerprint density at radius 2 is 1.53 bits per heavy atom. The summed E-state index contributed by atoms with van der Waals surface area (Å²) in [7, 11) is -3.19. The van der Waals surface area contributed by atoms with Crippen molar-refractivity contribution in [1.82, 2.24) is 4.31 Å². The number of hydrogen-bond acceptors (Lipinski definition) is 2. The molecule has 1 aromatic carbocycles. The Balaban J connectivity index is 2.82. The molecule has 0 fully saturated rings. The molecule has 0 aromatic heterocycles. The molecule has 0 amide bonds. The number of sulfonamides is 1. The van der Waals surface area contributed by atoms with E-state index in [1.807, 2.05) is 38.1 Å². The predicted molar refractivity (Wildman–Crippen MR) is 71.5 cm³/mol. The van der Waals surface area contributed by atoms with Crippen molar-refractivity contribution in [3.05, 3.63) is 35.4 Å². The molecule has 96 valence electrons. The highest BCUT2D eigenvalue weighted by atomic mass is 35.5. The Kier molecular flexibility index (Phi) is 5.43. The lowest BCUT2D eigenvalue weighted by Crippen LogP contribution is -2.31. The lowest BCUT2D eigenvalue weighted by Gasteiger charge is -2.18. The molecule has 0 saturated carbocycles. The van der Waals surface area contributed by atoms with Crippen molar-refractivity contribution in [3.63, 3.8) is 0 Å². The van der Waals surface area contributed by atoms with Crippen LogP contribution in [-0.2, 0) is 21.7 Å². The Labute approximate surface area is 108 Å². The van der Waals surface area contributed by atoms with E-state index in [1.54, 1.807) is 0 Å². The lowest BCUT2D eigenvalue weighted by atomic mass is 10.2. The first-order chi connectivity index (χ1) is 8.03. The van der Waals surface area contributed by atoms with Crippen LogP contribution < -0.4 is 0 Å². The van der Waals surface area contributed by atoms with E-state index in [4.69, 9.17) is 11.6 Å². The fourth-order valence-corrected chi connectivity index (χ4v) is 3.40. The minimum atomic E-state index is -3.19. The fourth-order valence-electron chi connectivity index (χ4n) is 1.64. The Morgan fingerprint density at radius 3 is 1.94 bits per heavy atom. The van der Waals surface area contributed by atoms with E-state index in [2.05, 4.69) is 0 Å². The average Bonchev–Trinajstić information content (AvgIpc) is 2.30. The summed E-state index contributed by atoms with van der Waals surface area (Å²) < 4.78 is 25.5. The van der Waals surface area contributed by atoms with E-state index in [1.165, 1.54) is 4.31 Å². The second-order valence-electron chi connectivity index (χ2n) is 3.79. The van der Waals surface area contributed by atoms with Crippen molar-refractivity contribution in [2.45, 2.75) is 25.5 Å². The van der Waals surface area contributed by atoms with E-state index in [9.17, 15) is 8.42 Å². The molecule has 3 nitrogen and oxygen atoms in total. The number of nitrogens with zero attached hydrogens (tertiary/aromatic N) is 1. The van der Waals surface area contributed by atoms with Gasteiger partial charge in [-0.2, -0.15) is 0 Å². The normalized spacial score (nSPS) is 12.0. The van der Waals surface area contributed by atoms with Crippen molar-refractivity contribution in [3.8, 4) is 0 Å². The number of halogens is 1. The van der Waals surface area contributed by atoms with Gasteiger partial charge in [0, 0.05) is 19.0 Å². The van der Waals surface area contributed by atoms with Crippen LogP contribution in [0, 0.1) is 0 Å². The molecule has 0 spiro atoms. The largest absolute Gasteiger partial charge is 0.218 e. The van der Waals surface area contributed by atoms with Gasteiger partial charge < -0.3 is 0 Å². The highest BCUT2D eigenvalue weighted by molar-refractivity contribution is 7.88. The number of alkyl halides is 1. The van der Waals surface area contributed by atoms with Crippen LogP contribution in [0.4, 0.5) is 0 Å². The maximum absolute atomic E-state index is 12.0. The number of benzene rings is 1. The SMILES string of the molecule is CCN(CC)S(=O)(=O)Cc1ccc(CCl)cc1. The molecule has 0 aliphatic heterocycles. The van der Waals surface area contributed by atoms with Gasteiger partial charge in [0.25, 0.3) is 0 Å². The summed E-state index contributed by atoms with van der Waals surface area (Å²) in [6.07, 6.45) is 0. The van der Waals surface area contributed by atoms with Crippen LogP contribution >= 0.6 is 11.6 Å². The van der Waals surface area contributed by atoms with Gasteiger partial charge >= 0.3 is 0 Å². The maximum Gasteiger partial charge on any atom is 0.218 e. The lowest BCUT2D eigenvalue weighted by molar-refractivity contribution is 0.444. The first kappa shape index (κ1) is 14.5. The first-order valence-corrected chi connectivity index (χ1v) is 7.79. The van der Waals surface area contributed by atoms with Gasteiger partial charge in [-0.05, 0) is 11.1 Å². The molecule has 0 aliphatic rings. The van der Waals surface area contributed by atoms with Crippen molar-refractivity contribution in [1.29, 1.82) is 0 Å². The van der Waals surface area contributed by atoms with Crippen LogP contribution in [-0.4, -0.2) is 25.8 Å². The molecular weight excluding hydrogens is 258 g/mol. The van der Waals surface area contributed by atoms with Crippen molar-refractivity contribution in [2.75, 3.05) is 13.1 Å². The monoisotopic (exact) mass is 275 g/mol. The molecule has 0 atom stereocenters.